The number of nitrogens with two attached hydrogens (primary N) is 1. The number of H-pyrrole nitrogens is 1. The van der Waals surface area contributed by atoms with Gasteiger partial charge in [-0.2, -0.15) is 0 Å². The summed E-state index contributed by atoms with van der Waals surface area (Å²) in [6, 6.07) is 1.82. The largest absolute Gasteiger partial charge is 0.389 e. The molecule has 0 bridgehead atoms. The van der Waals surface area contributed by atoms with E-state index in [4.69, 9.17) is 5.73 Å². The predicted octanol–water partition coefficient (Wildman–Crippen LogP) is 0.833. The summed E-state index contributed by atoms with van der Waals surface area (Å²) in [5, 5.41) is 12.8. The highest BCUT2D eigenvalue weighted by atomic mass is 16.3. The van der Waals surface area contributed by atoms with Gasteiger partial charge in [0.25, 0.3) is 0 Å². The van der Waals surface area contributed by atoms with Gasteiger partial charge in [0.2, 0.25) is 5.91 Å². The molecule has 5 N–H and O–H groups in total. The summed E-state index contributed by atoms with van der Waals surface area (Å²) in [6.45, 7) is 0.277. The van der Waals surface area contributed by atoms with Gasteiger partial charge in [-0.05, 0) is 31.7 Å². The molecule has 1 aliphatic rings. The molecule has 5 heteroatoms. The van der Waals surface area contributed by atoms with Crippen molar-refractivity contribution in [3.63, 3.8) is 0 Å². The Morgan fingerprint density at radius 1 is 1.59 bits per heavy atom. The molecule has 1 aliphatic carbocycles. The van der Waals surface area contributed by atoms with E-state index in [-0.39, 0.29) is 18.4 Å². The Kier molecular flexibility index (Phi) is 3.49. The predicted molar refractivity (Wildman–Crippen MR) is 65.4 cm³/mol. The van der Waals surface area contributed by atoms with Crippen LogP contribution in [-0.2, 0) is 4.79 Å². The molecule has 1 heterocycles. The maximum Gasteiger partial charge on any atom is 0.227 e. The van der Waals surface area contributed by atoms with Crippen molar-refractivity contribution in [2.75, 3.05) is 11.9 Å². The van der Waals surface area contributed by atoms with Crippen LogP contribution in [0.1, 0.15) is 25.7 Å². The number of aromatic amines is 1. The fourth-order valence-corrected chi connectivity index (χ4v) is 2.27. The van der Waals surface area contributed by atoms with E-state index in [9.17, 15) is 9.90 Å². The lowest BCUT2D eigenvalue weighted by Crippen LogP contribution is -2.43. The fraction of sp³-hybridized carbons (Fsp3) is 0.583. The number of hydrogen-bond donors (Lipinski definition) is 4. The third-order valence-electron chi connectivity index (χ3n) is 3.53. The number of hydrogen-bond acceptors (Lipinski definition) is 3. The molecular weight excluding hydrogens is 218 g/mol. The molecule has 1 aromatic rings. The first-order valence-corrected chi connectivity index (χ1v) is 5.99. The van der Waals surface area contributed by atoms with Crippen LogP contribution in [0.2, 0.25) is 0 Å². The summed E-state index contributed by atoms with van der Waals surface area (Å²) in [6.07, 6.45) is 6.12. The number of anilines is 1. The highest BCUT2D eigenvalue weighted by Crippen LogP contribution is 2.32. The molecule has 94 valence electrons. The van der Waals surface area contributed by atoms with Gasteiger partial charge in [0, 0.05) is 24.9 Å². The van der Waals surface area contributed by atoms with E-state index < -0.39 is 5.60 Å². The van der Waals surface area contributed by atoms with Crippen LogP contribution in [0.5, 0.6) is 0 Å². The summed E-state index contributed by atoms with van der Waals surface area (Å²) >= 11 is 0. The first-order valence-electron chi connectivity index (χ1n) is 5.99. The van der Waals surface area contributed by atoms with Crippen molar-refractivity contribution in [2.45, 2.75) is 31.3 Å². The first-order chi connectivity index (χ1) is 8.13. The van der Waals surface area contributed by atoms with Gasteiger partial charge in [0.1, 0.15) is 0 Å². The molecule has 0 unspecified atom stereocenters. The fourth-order valence-electron chi connectivity index (χ4n) is 2.27. The van der Waals surface area contributed by atoms with Gasteiger partial charge in [-0.1, -0.05) is 0 Å². The Balaban J connectivity index is 1.86. The van der Waals surface area contributed by atoms with E-state index in [1.165, 1.54) is 0 Å². The number of carbonyl (C=O) groups excluding carboxylic acids is 1. The monoisotopic (exact) mass is 237 g/mol. The molecule has 1 aromatic heterocycles. The third-order valence-corrected chi connectivity index (χ3v) is 3.53. The van der Waals surface area contributed by atoms with Crippen molar-refractivity contribution in [3.05, 3.63) is 18.5 Å². The Morgan fingerprint density at radius 3 is 2.82 bits per heavy atom. The molecule has 0 saturated heterocycles. The Morgan fingerprint density at radius 2 is 2.29 bits per heavy atom. The minimum Gasteiger partial charge on any atom is -0.389 e. The van der Waals surface area contributed by atoms with E-state index >= 15 is 0 Å². The van der Waals surface area contributed by atoms with Crippen LogP contribution >= 0.6 is 0 Å². The van der Waals surface area contributed by atoms with Crippen LogP contribution in [0, 0.1) is 5.92 Å². The van der Waals surface area contributed by atoms with Crippen LogP contribution < -0.4 is 11.1 Å². The lowest BCUT2D eigenvalue weighted by Gasteiger charge is -2.34. The molecular formula is C12H19N3O2. The second-order valence-corrected chi connectivity index (χ2v) is 4.79. The number of aliphatic hydroxyl groups is 1. The summed E-state index contributed by atoms with van der Waals surface area (Å²) in [5.41, 5.74) is 5.54. The van der Waals surface area contributed by atoms with E-state index in [0.29, 0.717) is 25.7 Å². The van der Waals surface area contributed by atoms with Gasteiger partial charge in [-0.3, -0.25) is 4.79 Å². The summed E-state index contributed by atoms with van der Waals surface area (Å²) < 4.78 is 0. The topological polar surface area (TPSA) is 91.1 Å². The molecule has 0 aromatic carbocycles. The molecule has 0 aliphatic heterocycles. The zero-order chi connectivity index (χ0) is 12.3. The Labute approximate surface area is 100 Å². The van der Waals surface area contributed by atoms with Crippen LogP contribution in [-0.4, -0.2) is 28.1 Å². The summed E-state index contributed by atoms with van der Waals surface area (Å²) in [5.74, 6) is 0.0143. The smallest absolute Gasteiger partial charge is 0.227 e. The van der Waals surface area contributed by atoms with Gasteiger partial charge in [-0.15, -0.1) is 0 Å². The maximum atomic E-state index is 11.9. The lowest BCUT2D eigenvalue weighted by atomic mass is 9.78. The second-order valence-electron chi connectivity index (χ2n) is 4.79. The maximum absolute atomic E-state index is 11.9. The van der Waals surface area contributed by atoms with Gasteiger partial charge in [0.05, 0.1) is 11.3 Å². The van der Waals surface area contributed by atoms with Crippen LogP contribution in [0.3, 0.4) is 0 Å². The first kappa shape index (κ1) is 12.1. The summed E-state index contributed by atoms with van der Waals surface area (Å²) in [7, 11) is 0. The van der Waals surface area contributed by atoms with Gasteiger partial charge in [0.15, 0.2) is 0 Å². The molecule has 0 atom stereocenters. The van der Waals surface area contributed by atoms with Gasteiger partial charge >= 0.3 is 0 Å². The number of carbonyl (C=O) groups is 1. The average Bonchev–Trinajstić information content (AvgIpc) is 2.83. The highest BCUT2D eigenvalue weighted by molar-refractivity contribution is 5.92. The number of amides is 1. The number of nitrogens with one attached hydrogen (secondary N) is 2. The van der Waals surface area contributed by atoms with Crippen LogP contribution in [0.15, 0.2) is 18.5 Å². The number of rotatable bonds is 3. The third kappa shape index (κ3) is 2.87. The Bertz CT molecular complexity index is 367. The molecule has 0 radical (unpaired) electrons. The van der Waals surface area contributed by atoms with E-state index in [1.54, 1.807) is 12.4 Å². The highest BCUT2D eigenvalue weighted by Gasteiger charge is 2.34. The molecule has 1 fully saturated rings. The molecule has 2 rings (SSSR count). The van der Waals surface area contributed by atoms with Crippen molar-refractivity contribution < 1.29 is 9.90 Å². The minimum atomic E-state index is -0.759. The van der Waals surface area contributed by atoms with E-state index in [0.717, 1.165) is 5.69 Å². The van der Waals surface area contributed by atoms with Crippen LogP contribution in [0.4, 0.5) is 5.69 Å². The summed E-state index contributed by atoms with van der Waals surface area (Å²) in [4.78, 5) is 14.8. The zero-order valence-electron chi connectivity index (χ0n) is 9.78. The minimum absolute atomic E-state index is 0.0169. The molecule has 1 amide bonds. The van der Waals surface area contributed by atoms with E-state index in [1.807, 2.05) is 6.07 Å². The zero-order valence-corrected chi connectivity index (χ0v) is 9.78. The number of aromatic nitrogens is 1. The Hall–Kier alpha value is -1.33. The van der Waals surface area contributed by atoms with Crippen LogP contribution in [0.25, 0.3) is 0 Å². The van der Waals surface area contributed by atoms with Crippen molar-refractivity contribution in [1.29, 1.82) is 0 Å². The van der Waals surface area contributed by atoms with Crippen molar-refractivity contribution >= 4 is 11.6 Å². The second kappa shape index (κ2) is 4.89. The normalized spacial score (nSPS) is 28.9. The van der Waals surface area contributed by atoms with E-state index in [2.05, 4.69) is 10.3 Å². The molecule has 5 nitrogen and oxygen atoms in total. The average molecular weight is 237 g/mol. The molecule has 17 heavy (non-hydrogen) atoms. The van der Waals surface area contributed by atoms with Crippen molar-refractivity contribution in [1.82, 2.24) is 4.98 Å². The molecule has 1 saturated carbocycles. The standard InChI is InChI=1S/C12H19N3O2/c13-8-12(17)4-1-9(2-5-12)11(16)15-10-3-6-14-7-10/h3,6-7,9,14,17H,1-2,4-5,8,13H2,(H,15,16). The molecule has 0 spiro atoms. The van der Waals surface area contributed by atoms with Gasteiger partial charge < -0.3 is 21.1 Å². The lowest BCUT2D eigenvalue weighted by molar-refractivity contribution is -0.122. The van der Waals surface area contributed by atoms with Crippen molar-refractivity contribution in [2.24, 2.45) is 11.7 Å². The SMILES string of the molecule is NCC1(O)CCC(C(=O)Nc2cc[nH]c2)CC1. The van der Waals surface area contributed by atoms with Crippen molar-refractivity contribution in [3.8, 4) is 0 Å². The van der Waals surface area contributed by atoms with Gasteiger partial charge in [-0.25, -0.2) is 0 Å². The quantitative estimate of drug-likeness (QED) is 0.627.